The maximum atomic E-state index is 11.8. The molecule has 0 saturated carbocycles. The number of carbonyl (C=O) groups excluding carboxylic acids is 1. The summed E-state index contributed by atoms with van der Waals surface area (Å²) in [5.74, 6) is -0.232. The average Bonchev–Trinajstić information content (AvgIpc) is 2.80. The van der Waals surface area contributed by atoms with Crippen molar-refractivity contribution in [1.29, 1.82) is 0 Å². The van der Waals surface area contributed by atoms with Crippen LogP contribution in [0, 0.1) is 5.92 Å². The molecule has 0 spiro atoms. The van der Waals surface area contributed by atoms with Gasteiger partial charge in [0, 0.05) is 23.6 Å². The molecule has 2 rings (SSSR count). The summed E-state index contributed by atoms with van der Waals surface area (Å²) in [6.45, 7) is 8.62. The molecular weight excluding hydrogens is 270 g/mol. The molecular formula is C15H21N3OS. The third-order valence-electron chi connectivity index (χ3n) is 3.10. The third-order valence-corrected chi connectivity index (χ3v) is 4.54. The quantitative estimate of drug-likeness (QED) is 0.913. The van der Waals surface area contributed by atoms with Gasteiger partial charge < -0.3 is 11.1 Å². The van der Waals surface area contributed by atoms with Crippen LogP contribution in [0.1, 0.15) is 32.7 Å². The number of nitrogens with zero attached hydrogens (tertiary/aromatic N) is 1. The summed E-state index contributed by atoms with van der Waals surface area (Å²) in [6.07, 6.45) is 0. The number of fused-ring (bicyclic) bond motifs is 1. The summed E-state index contributed by atoms with van der Waals surface area (Å²) < 4.78 is 1.09. The Morgan fingerprint density at radius 3 is 2.75 bits per heavy atom. The van der Waals surface area contributed by atoms with Crippen LogP contribution in [0.3, 0.4) is 0 Å². The zero-order valence-corrected chi connectivity index (χ0v) is 13.2. The van der Waals surface area contributed by atoms with Gasteiger partial charge in [-0.2, -0.15) is 0 Å². The number of hydrogen-bond acceptors (Lipinski definition) is 4. The van der Waals surface area contributed by atoms with Crippen LogP contribution >= 0.6 is 11.3 Å². The Morgan fingerprint density at radius 1 is 1.45 bits per heavy atom. The predicted molar refractivity (Wildman–Crippen MR) is 85.2 cm³/mol. The second kappa shape index (κ2) is 5.50. The zero-order chi connectivity index (χ0) is 14.9. The molecule has 20 heavy (non-hydrogen) atoms. The van der Waals surface area contributed by atoms with Crippen molar-refractivity contribution in [3.8, 4) is 0 Å². The van der Waals surface area contributed by atoms with E-state index in [9.17, 15) is 4.79 Å². The first-order valence-electron chi connectivity index (χ1n) is 6.73. The maximum absolute atomic E-state index is 11.8. The second-order valence-electron chi connectivity index (χ2n) is 6.08. The van der Waals surface area contributed by atoms with Gasteiger partial charge >= 0.3 is 0 Å². The lowest BCUT2D eigenvalue weighted by atomic mass is 9.98. The van der Waals surface area contributed by atoms with E-state index in [1.807, 2.05) is 25.1 Å². The molecule has 1 unspecified atom stereocenters. The van der Waals surface area contributed by atoms with Crippen LogP contribution in [-0.2, 0) is 10.2 Å². The first kappa shape index (κ1) is 14.9. The van der Waals surface area contributed by atoms with E-state index < -0.39 is 0 Å². The largest absolute Gasteiger partial charge is 0.330 e. The number of benzene rings is 1. The van der Waals surface area contributed by atoms with Gasteiger partial charge in [0.2, 0.25) is 5.91 Å². The standard InChI is InChI=1S/C15H21N3OS/c1-9(8-16)13(19)17-10-5-6-11-12(7-10)20-14(18-11)15(2,3)4/h5-7,9H,8,16H2,1-4H3,(H,17,19). The van der Waals surface area contributed by atoms with Crippen molar-refractivity contribution in [2.75, 3.05) is 11.9 Å². The van der Waals surface area contributed by atoms with Gasteiger partial charge in [0.1, 0.15) is 0 Å². The van der Waals surface area contributed by atoms with E-state index in [-0.39, 0.29) is 17.2 Å². The topological polar surface area (TPSA) is 68.0 Å². The van der Waals surface area contributed by atoms with Gasteiger partial charge in [0.25, 0.3) is 0 Å². The van der Waals surface area contributed by atoms with Gasteiger partial charge in [0.05, 0.1) is 15.2 Å². The van der Waals surface area contributed by atoms with Crippen molar-refractivity contribution in [3.05, 3.63) is 23.2 Å². The SMILES string of the molecule is CC(CN)C(=O)Nc1ccc2nc(C(C)(C)C)sc2c1. The molecule has 0 aliphatic heterocycles. The number of hydrogen-bond donors (Lipinski definition) is 2. The Morgan fingerprint density at radius 2 is 2.15 bits per heavy atom. The van der Waals surface area contributed by atoms with Crippen molar-refractivity contribution in [3.63, 3.8) is 0 Å². The Labute approximate surface area is 123 Å². The van der Waals surface area contributed by atoms with Crippen molar-refractivity contribution in [2.24, 2.45) is 11.7 Å². The Hall–Kier alpha value is -1.46. The van der Waals surface area contributed by atoms with E-state index >= 15 is 0 Å². The van der Waals surface area contributed by atoms with E-state index in [2.05, 4.69) is 31.1 Å². The number of nitrogens with two attached hydrogens (primary N) is 1. The highest BCUT2D eigenvalue weighted by atomic mass is 32.1. The van der Waals surface area contributed by atoms with Crippen molar-refractivity contribution in [1.82, 2.24) is 4.98 Å². The molecule has 2 aromatic rings. The predicted octanol–water partition coefficient (Wildman–Crippen LogP) is 3.13. The summed E-state index contributed by atoms with van der Waals surface area (Å²) in [6, 6.07) is 5.81. The van der Waals surface area contributed by atoms with Gasteiger partial charge in [-0.25, -0.2) is 4.98 Å². The molecule has 0 aliphatic carbocycles. The van der Waals surface area contributed by atoms with Gasteiger partial charge in [-0.05, 0) is 18.2 Å². The minimum absolute atomic E-state index is 0.0428. The highest BCUT2D eigenvalue weighted by Crippen LogP contribution is 2.32. The minimum Gasteiger partial charge on any atom is -0.330 e. The van der Waals surface area contributed by atoms with Gasteiger partial charge in [-0.3, -0.25) is 4.79 Å². The molecule has 1 aromatic heterocycles. The van der Waals surface area contributed by atoms with E-state index in [0.717, 1.165) is 20.9 Å². The fraction of sp³-hybridized carbons (Fsp3) is 0.467. The molecule has 0 saturated heterocycles. The second-order valence-corrected chi connectivity index (χ2v) is 7.11. The van der Waals surface area contributed by atoms with E-state index in [1.165, 1.54) is 0 Å². The zero-order valence-electron chi connectivity index (χ0n) is 12.4. The van der Waals surface area contributed by atoms with E-state index in [4.69, 9.17) is 5.73 Å². The summed E-state index contributed by atoms with van der Waals surface area (Å²) in [7, 11) is 0. The average molecular weight is 291 g/mol. The van der Waals surface area contributed by atoms with Crippen molar-refractivity contribution < 1.29 is 4.79 Å². The lowest BCUT2D eigenvalue weighted by molar-refractivity contribution is -0.119. The Balaban J connectivity index is 2.27. The first-order valence-corrected chi connectivity index (χ1v) is 7.55. The monoisotopic (exact) mass is 291 g/mol. The molecule has 0 aliphatic rings. The van der Waals surface area contributed by atoms with Crippen LogP contribution in [-0.4, -0.2) is 17.4 Å². The van der Waals surface area contributed by atoms with Crippen molar-refractivity contribution >= 4 is 33.1 Å². The summed E-state index contributed by atoms with van der Waals surface area (Å²) >= 11 is 1.67. The number of amides is 1. The van der Waals surface area contributed by atoms with Crippen LogP contribution < -0.4 is 11.1 Å². The van der Waals surface area contributed by atoms with Crippen molar-refractivity contribution in [2.45, 2.75) is 33.1 Å². The molecule has 0 bridgehead atoms. The normalized spacial score (nSPS) is 13.4. The summed E-state index contributed by atoms with van der Waals surface area (Å²) in [4.78, 5) is 16.5. The number of rotatable bonds is 3. The van der Waals surface area contributed by atoms with Gasteiger partial charge in [-0.1, -0.05) is 27.7 Å². The Bertz CT molecular complexity index is 628. The number of anilines is 1. The molecule has 0 fully saturated rings. The number of nitrogens with one attached hydrogen (secondary N) is 1. The molecule has 1 atom stereocenters. The molecule has 1 heterocycles. The number of aromatic nitrogens is 1. The van der Waals surface area contributed by atoms with Crippen LogP contribution in [0.15, 0.2) is 18.2 Å². The molecule has 0 radical (unpaired) electrons. The smallest absolute Gasteiger partial charge is 0.228 e. The van der Waals surface area contributed by atoms with Crippen LogP contribution in [0.2, 0.25) is 0 Å². The molecule has 4 nitrogen and oxygen atoms in total. The molecule has 1 amide bonds. The highest BCUT2D eigenvalue weighted by molar-refractivity contribution is 7.18. The van der Waals surface area contributed by atoms with Crippen LogP contribution in [0.5, 0.6) is 0 Å². The van der Waals surface area contributed by atoms with Gasteiger partial charge in [0.15, 0.2) is 0 Å². The lowest BCUT2D eigenvalue weighted by Crippen LogP contribution is -2.26. The lowest BCUT2D eigenvalue weighted by Gasteiger charge is -2.13. The molecule has 1 aromatic carbocycles. The Kier molecular flexibility index (Phi) is 4.11. The summed E-state index contributed by atoms with van der Waals surface area (Å²) in [5, 5.41) is 4.00. The fourth-order valence-corrected chi connectivity index (χ4v) is 2.76. The number of carbonyl (C=O) groups is 1. The van der Waals surface area contributed by atoms with Crippen LogP contribution in [0.25, 0.3) is 10.2 Å². The minimum atomic E-state index is -0.183. The number of thiazole rings is 1. The fourth-order valence-electron chi connectivity index (χ4n) is 1.70. The molecule has 5 heteroatoms. The molecule has 3 N–H and O–H groups in total. The highest BCUT2D eigenvalue weighted by Gasteiger charge is 2.19. The third kappa shape index (κ3) is 3.16. The maximum Gasteiger partial charge on any atom is 0.228 e. The van der Waals surface area contributed by atoms with E-state index in [0.29, 0.717) is 6.54 Å². The first-order chi connectivity index (χ1) is 9.31. The van der Waals surface area contributed by atoms with E-state index in [1.54, 1.807) is 11.3 Å². The summed E-state index contributed by atoms with van der Waals surface area (Å²) in [5.41, 5.74) is 7.32. The molecule has 108 valence electrons. The van der Waals surface area contributed by atoms with Crippen LogP contribution in [0.4, 0.5) is 5.69 Å². The van der Waals surface area contributed by atoms with Gasteiger partial charge in [-0.15, -0.1) is 11.3 Å².